The van der Waals surface area contributed by atoms with E-state index in [9.17, 15) is 13.2 Å². The third kappa shape index (κ3) is 3.67. The monoisotopic (exact) mass is 378 g/mol. The van der Waals surface area contributed by atoms with Crippen molar-refractivity contribution >= 4 is 22.3 Å². The van der Waals surface area contributed by atoms with Gasteiger partial charge in [-0.25, -0.2) is 17.9 Å². The number of amides is 2. The molecule has 1 heterocycles. The van der Waals surface area contributed by atoms with Crippen LogP contribution in [0, 0.1) is 11.3 Å². The third-order valence-electron chi connectivity index (χ3n) is 4.51. The molecule has 0 saturated carbocycles. The van der Waals surface area contributed by atoms with E-state index in [4.69, 9.17) is 10.1 Å². The van der Waals surface area contributed by atoms with Crippen molar-refractivity contribution in [2.24, 2.45) is 5.92 Å². The molecule has 1 aliphatic heterocycles. The molecule has 26 heavy (non-hydrogen) atoms. The predicted molar refractivity (Wildman–Crippen MR) is 97.0 cm³/mol. The van der Waals surface area contributed by atoms with Gasteiger partial charge in [0.2, 0.25) is 5.88 Å². The summed E-state index contributed by atoms with van der Waals surface area (Å²) in [7, 11) is -4.22. The smallest absolute Gasteiger partial charge is 0.329 e. The molecule has 1 aliphatic carbocycles. The van der Waals surface area contributed by atoms with Gasteiger partial charge in [0, 0.05) is 12.8 Å². The van der Waals surface area contributed by atoms with E-state index >= 15 is 0 Å². The van der Waals surface area contributed by atoms with Crippen LogP contribution in [0.3, 0.4) is 0 Å². The molecule has 2 unspecified atom stereocenters. The lowest BCUT2D eigenvalue weighted by Gasteiger charge is -2.21. The van der Waals surface area contributed by atoms with Gasteiger partial charge in [-0.2, -0.15) is 0 Å². The highest BCUT2D eigenvalue weighted by molar-refractivity contribution is 7.94. The lowest BCUT2D eigenvalue weighted by atomic mass is 10.0. The maximum Gasteiger partial charge on any atom is 0.329 e. The van der Waals surface area contributed by atoms with E-state index in [-0.39, 0.29) is 17.8 Å². The molecule has 2 amide bonds. The summed E-state index contributed by atoms with van der Waals surface area (Å²) in [4.78, 5) is 11.9. The minimum absolute atomic E-state index is 0.00821. The number of fused-ring (bicyclic) bond motifs is 1. The van der Waals surface area contributed by atoms with Gasteiger partial charge in [-0.3, -0.25) is 0 Å². The van der Waals surface area contributed by atoms with Crippen LogP contribution in [0.4, 0.5) is 4.79 Å². The summed E-state index contributed by atoms with van der Waals surface area (Å²) in [5.41, 5.74) is 2.14. The Kier molecular flexibility index (Phi) is 5.17. The van der Waals surface area contributed by atoms with Crippen molar-refractivity contribution in [2.45, 2.75) is 25.8 Å². The van der Waals surface area contributed by atoms with Crippen molar-refractivity contribution in [3.8, 4) is 0 Å². The molecule has 3 rings (SSSR count). The maximum atomic E-state index is 12.5. The average Bonchev–Trinajstić information content (AvgIpc) is 2.91. The fourth-order valence-corrected chi connectivity index (χ4v) is 4.23. The van der Waals surface area contributed by atoms with Gasteiger partial charge in [0.1, 0.15) is 0 Å². The second-order valence-corrected chi connectivity index (χ2v) is 8.05. The molecule has 2 aliphatic rings. The van der Waals surface area contributed by atoms with Crippen LogP contribution in [0.25, 0.3) is 0 Å². The molecule has 8 nitrogen and oxygen atoms in total. The van der Waals surface area contributed by atoms with Crippen molar-refractivity contribution in [1.29, 1.82) is 5.41 Å². The summed E-state index contributed by atoms with van der Waals surface area (Å²) >= 11 is 0. The zero-order valence-corrected chi connectivity index (χ0v) is 15.2. The minimum atomic E-state index is -4.22. The third-order valence-corrected chi connectivity index (χ3v) is 5.85. The van der Waals surface area contributed by atoms with Crippen molar-refractivity contribution < 1.29 is 17.9 Å². The normalized spacial score (nSPS) is 23.9. The second-order valence-electron chi connectivity index (χ2n) is 6.40. The van der Waals surface area contributed by atoms with Crippen molar-refractivity contribution in [3.63, 3.8) is 0 Å². The topological polar surface area (TPSA) is 120 Å². The first kappa shape index (κ1) is 18.2. The summed E-state index contributed by atoms with van der Waals surface area (Å²) in [5, 5.41) is 12.9. The number of hydrogen-bond donors (Lipinski definition) is 4. The summed E-state index contributed by atoms with van der Waals surface area (Å²) < 4.78 is 32.2. The molecule has 9 heteroatoms. The highest BCUT2D eigenvalue weighted by Crippen LogP contribution is 2.35. The molecule has 0 radical (unpaired) electrons. The number of benzene rings is 1. The van der Waals surface area contributed by atoms with E-state index in [0.29, 0.717) is 19.4 Å². The van der Waals surface area contributed by atoms with Crippen molar-refractivity contribution in [3.05, 3.63) is 46.2 Å². The van der Waals surface area contributed by atoms with Crippen LogP contribution in [-0.2, 0) is 21.2 Å². The Hall–Kier alpha value is -2.55. The Labute approximate surface area is 152 Å². The number of hydrogen-bond acceptors (Lipinski definition) is 6. The van der Waals surface area contributed by atoms with E-state index in [0.717, 1.165) is 24.0 Å². The van der Waals surface area contributed by atoms with Gasteiger partial charge in [0.15, 0.2) is 4.91 Å². The number of nitrogens with one attached hydrogen (secondary N) is 4. The minimum Gasteiger partial charge on any atom is -0.478 e. The van der Waals surface area contributed by atoms with Crippen LogP contribution in [0.1, 0.15) is 30.5 Å². The molecule has 1 saturated heterocycles. The first-order chi connectivity index (χ1) is 12.4. The Morgan fingerprint density at radius 3 is 2.85 bits per heavy atom. The molecular formula is C17H22N4O4S. The summed E-state index contributed by atoms with van der Waals surface area (Å²) in [5.74, 6) is 0.149. The Morgan fingerprint density at radius 1 is 1.38 bits per heavy atom. The Balaban J connectivity index is 1.74. The largest absolute Gasteiger partial charge is 0.478 e. The lowest BCUT2D eigenvalue weighted by molar-refractivity contribution is 0.157. The van der Waals surface area contributed by atoms with Gasteiger partial charge in [0.05, 0.1) is 12.6 Å². The highest BCUT2D eigenvalue weighted by atomic mass is 32.2. The van der Waals surface area contributed by atoms with Gasteiger partial charge in [-0.1, -0.05) is 31.2 Å². The van der Waals surface area contributed by atoms with Gasteiger partial charge >= 0.3 is 6.03 Å². The average molecular weight is 378 g/mol. The summed E-state index contributed by atoms with van der Waals surface area (Å²) in [6.07, 6.45) is 2.22. The van der Waals surface area contributed by atoms with E-state index < -0.39 is 21.0 Å². The van der Waals surface area contributed by atoms with E-state index in [2.05, 4.69) is 10.6 Å². The molecule has 140 valence electrons. The Bertz CT molecular complexity index is 842. The zero-order valence-electron chi connectivity index (χ0n) is 14.4. The molecule has 0 spiro atoms. The molecule has 1 aromatic rings. The molecule has 4 N–H and O–H groups in total. The van der Waals surface area contributed by atoms with E-state index in [1.54, 1.807) is 0 Å². The molecule has 1 fully saturated rings. The van der Waals surface area contributed by atoms with Crippen LogP contribution in [0.5, 0.6) is 0 Å². The molecule has 0 aromatic heterocycles. The van der Waals surface area contributed by atoms with Crippen LogP contribution in [-0.4, -0.2) is 33.8 Å². The van der Waals surface area contributed by atoms with Crippen LogP contribution in [0.15, 0.2) is 35.1 Å². The van der Waals surface area contributed by atoms with Crippen LogP contribution < -0.4 is 15.4 Å². The van der Waals surface area contributed by atoms with Gasteiger partial charge in [0.25, 0.3) is 10.0 Å². The first-order valence-electron chi connectivity index (χ1n) is 8.45. The van der Waals surface area contributed by atoms with Crippen molar-refractivity contribution in [2.75, 3.05) is 13.2 Å². The number of allylic oxidation sites excluding steroid dienone is 1. The summed E-state index contributed by atoms with van der Waals surface area (Å²) in [6, 6.07) is 6.69. The van der Waals surface area contributed by atoms with E-state index in [1.807, 2.05) is 35.9 Å². The molecule has 0 bridgehead atoms. The molecule has 2 atom stereocenters. The van der Waals surface area contributed by atoms with Gasteiger partial charge in [-0.05, 0) is 29.9 Å². The quantitative estimate of drug-likeness (QED) is 0.590. The predicted octanol–water partition coefficient (Wildman–Crippen LogP) is 1.38. The highest BCUT2D eigenvalue weighted by Gasteiger charge is 2.32. The summed E-state index contributed by atoms with van der Waals surface area (Å²) in [6.45, 7) is 2.91. The number of ether oxygens (including phenoxy) is 1. The first-order valence-corrected chi connectivity index (χ1v) is 9.93. The van der Waals surface area contributed by atoms with E-state index in [1.165, 1.54) is 0 Å². The standard InChI is InChI=1S/C17H22N4O4S/c1-11-9-12-5-2-3-6-13(12)15(11)20-17(22)21-26(23,24)14(10-18)16-19-7-4-8-25-16/h2-3,5-6,10-11,15,18-19H,4,7-9H2,1H3,(H2,20,21,22)/b16-14-,18-10?. The fourth-order valence-electron chi connectivity index (χ4n) is 3.29. The van der Waals surface area contributed by atoms with Crippen LogP contribution >= 0.6 is 0 Å². The fraction of sp³-hybridized carbons (Fsp3) is 0.412. The number of urea groups is 1. The van der Waals surface area contributed by atoms with Crippen molar-refractivity contribution in [1.82, 2.24) is 15.4 Å². The maximum absolute atomic E-state index is 12.5. The Morgan fingerprint density at radius 2 is 2.15 bits per heavy atom. The zero-order chi connectivity index (χ0) is 18.7. The number of rotatable bonds is 4. The van der Waals surface area contributed by atoms with Gasteiger partial charge in [-0.15, -0.1) is 0 Å². The lowest BCUT2D eigenvalue weighted by Crippen LogP contribution is -2.43. The number of carbonyl (C=O) groups is 1. The number of sulfonamides is 1. The molecular weight excluding hydrogens is 356 g/mol. The van der Waals surface area contributed by atoms with Gasteiger partial charge < -0.3 is 20.8 Å². The SMILES string of the molecule is CC1Cc2ccccc2C1NC(=O)NS(=O)(=O)/C(C=N)=C1/NCCCO1. The molecule has 1 aromatic carbocycles. The number of carbonyl (C=O) groups excluding carboxylic acids is 1. The van der Waals surface area contributed by atoms with Crippen LogP contribution in [0.2, 0.25) is 0 Å². The second kappa shape index (κ2) is 7.36.